The molecule has 0 radical (unpaired) electrons. The maximum atomic E-state index is 13.7. The van der Waals surface area contributed by atoms with E-state index < -0.39 is 17.0 Å². The largest absolute Gasteiger partial charge is 0.493 e. The minimum absolute atomic E-state index is 0.0467. The molecular formula is C29H31ClFNO5. The molecule has 2 N–H and O–H groups in total. The van der Waals surface area contributed by atoms with E-state index in [9.17, 15) is 19.4 Å². The van der Waals surface area contributed by atoms with Gasteiger partial charge in [-0.15, -0.1) is 0 Å². The second-order valence-electron chi connectivity index (χ2n) is 10.2. The van der Waals surface area contributed by atoms with Gasteiger partial charge < -0.3 is 19.7 Å². The molecule has 1 atom stereocenters. The van der Waals surface area contributed by atoms with Gasteiger partial charge in [-0.3, -0.25) is 4.79 Å². The number of rotatable bonds is 10. The molecule has 196 valence electrons. The van der Waals surface area contributed by atoms with Gasteiger partial charge in [-0.25, -0.2) is 9.37 Å². The summed E-state index contributed by atoms with van der Waals surface area (Å²) in [5.41, 5.74) is -0.532. The first-order chi connectivity index (χ1) is 17.4. The molecule has 1 aliphatic carbocycles. The maximum absolute atomic E-state index is 13.7. The van der Waals surface area contributed by atoms with Crippen molar-refractivity contribution in [3.63, 3.8) is 0 Å². The minimum atomic E-state index is -1.49. The lowest BCUT2D eigenvalue weighted by Crippen LogP contribution is -2.26. The lowest BCUT2D eigenvalue weighted by molar-refractivity contribution is 0.0385. The third-order valence-electron chi connectivity index (χ3n) is 6.44. The van der Waals surface area contributed by atoms with Crippen molar-refractivity contribution in [1.29, 1.82) is 0 Å². The normalized spacial score (nSPS) is 15.2. The van der Waals surface area contributed by atoms with Crippen LogP contribution in [0, 0.1) is 5.82 Å². The summed E-state index contributed by atoms with van der Waals surface area (Å²) in [6.45, 7) is 4.82. The van der Waals surface area contributed by atoms with E-state index in [1.54, 1.807) is 51.1 Å². The van der Waals surface area contributed by atoms with Crippen LogP contribution in [0.15, 0.2) is 48.5 Å². The summed E-state index contributed by atoms with van der Waals surface area (Å²) in [6.07, 6.45) is 2.36. The van der Waals surface area contributed by atoms with E-state index in [0.717, 1.165) is 12.8 Å². The Balaban J connectivity index is 1.58. The molecule has 1 heterocycles. The monoisotopic (exact) mass is 527 g/mol. The molecule has 1 saturated carbocycles. The number of nitrogens with zero attached hydrogens (tertiary/aromatic N) is 1. The van der Waals surface area contributed by atoms with Gasteiger partial charge in [0.05, 0.1) is 35.2 Å². The number of carbonyl (C=O) groups excluding carboxylic acids is 1. The second kappa shape index (κ2) is 10.4. The van der Waals surface area contributed by atoms with E-state index in [4.69, 9.17) is 21.1 Å². The van der Waals surface area contributed by atoms with Gasteiger partial charge in [-0.2, -0.15) is 0 Å². The fraction of sp³-hybridized carbons (Fsp3) is 0.379. The summed E-state index contributed by atoms with van der Waals surface area (Å²) in [5, 5.41) is 22.0. The third-order valence-corrected chi connectivity index (χ3v) is 6.73. The lowest BCUT2D eigenvalue weighted by Gasteiger charge is -2.26. The molecule has 0 saturated heterocycles. The van der Waals surface area contributed by atoms with Gasteiger partial charge in [0.15, 0.2) is 17.3 Å². The van der Waals surface area contributed by atoms with Crippen LogP contribution in [0.2, 0.25) is 5.02 Å². The van der Waals surface area contributed by atoms with E-state index in [0.29, 0.717) is 33.9 Å². The predicted molar refractivity (Wildman–Crippen MR) is 140 cm³/mol. The van der Waals surface area contributed by atoms with Crippen molar-refractivity contribution < 1.29 is 28.9 Å². The number of methoxy groups -OCH3 is 1. The summed E-state index contributed by atoms with van der Waals surface area (Å²) in [7, 11) is 1.53. The number of hydrogen-bond donors (Lipinski definition) is 2. The van der Waals surface area contributed by atoms with Gasteiger partial charge in [0.2, 0.25) is 0 Å². The number of benzene rings is 2. The van der Waals surface area contributed by atoms with Gasteiger partial charge in [-0.05, 0) is 94.1 Å². The van der Waals surface area contributed by atoms with Crippen LogP contribution in [0.5, 0.6) is 11.5 Å². The summed E-state index contributed by atoms with van der Waals surface area (Å²) >= 11 is 5.97. The summed E-state index contributed by atoms with van der Waals surface area (Å²) in [4.78, 5) is 17.6. The van der Waals surface area contributed by atoms with Crippen molar-refractivity contribution in [2.45, 2.75) is 63.8 Å². The van der Waals surface area contributed by atoms with Gasteiger partial charge in [0.25, 0.3) is 0 Å². The first-order valence-corrected chi connectivity index (χ1v) is 12.6. The Morgan fingerprint density at radius 3 is 2.43 bits per heavy atom. The van der Waals surface area contributed by atoms with Crippen molar-refractivity contribution in [2.75, 3.05) is 7.11 Å². The second-order valence-corrected chi connectivity index (χ2v) is 10.6. The molecule has 6 nitrogen and oxygen atoms in total. The quantitative estimate of drug-likeness (QED) is 0.306. The Morgan fingerprint density at radius 1 is 1.08 bits per heavy atom. The lowest BCUT2D eigenvalue weighted by atomic mass is 9.88. The summed E-state index contributed by atoms with van der Waals surface area (Å²) in [5.74, 6) is 0.376. The average Bonchev–Trinajstić information content (AvgIpc) is 3.67. The Labute approximate surface area is 221 Å². The van der Waals surface area contributed by atoms with E-state index >= 15 is 0 Å². The highest BCUT2D eigenvalue weighted by atomic mass is 35.5. The van der Waals surface area contributed by atoms with E-state index in [1.807, 2.05) is 0 Å². The molecule has 0 spiro atoms. The number of aromatic nitrogens is 1. The molecule has 1 fully saturated rings. The number of pyridine rings is 1. The first kappa shape index (κ1) is 27.0. The Bertz CT molecular complexity index is 1310. The zero-order chi connectivity index (χ0) is 27.0. The molecule has 0 bridgehead atoms. The number of ether oxygens (including phenoxy) is 2. The third kappa shape index (κ3) is 6.47. The number of hydrogen-bond acceptors (Lipinski definition) is 6. The van der Waals surface area contributed by atoms with Gasteiger partial charge in [-0.1, -0.05) is 11.6 Å². The van der Waals surface area contributed by atoms with Crippen LogP contribution in [0.3, 0.4) is 0 Å². The zero-order valence-corrected chi connectivity index (χ0v) is 22.1. The molecule has 0 amide bonds. The van der Waals surface area contributed by atoms with Crippen LogP contribution in [0.25, 0.3) is 11.3 Å². The van der Waals surface area contributed by atoms with E-state index in [2.05, 4.69) is 4.98 Å². The molecule has 1 aliphatic rings. The average molecular weight is 528 g/mol. The van der Waals surface area contributed by atoms with Crippen molar-refractivity contribution in [1.82, 2.24) is 4.98 Å². The van der Waals surface area contributed by atoms with Crippen molar-refractivity contribution >= 4 is 17.4 Å². The number of Topliss-reactive ketones (excluding diaryl/α,β-unsaturated/α-hetero) is 1. The fourth-order valence-electron chi connectivity index (χ4n) is 3.90. The van der Waals surface area contributed by atoms with Gasteiger partial charge >= 0.3 is 0 Å². The Morgan fingerprint density at radius 2 is 1.81 bits per heavy atom. The van der Waals surface area contributed by atoms with Crippen LogP contribution in [-0.4, -0.2) is 34.2 Å². The zero-order valence-electron chi connectivity index (χ0n) is 21.3. The Hall–Kier alpha value is -3.00. The highest BCUT2D eigenvalue weighted by molar-refractivity contribution is 6.31. The molecule has 2 aromatic carbocycles. The van der Waals surface area contributed by atoms with E-state index in [-0.39, 0.29) is 35.4 Å². The predicted octanol–water partition coefficient (Wildman–Crippen LogP) is 6.19. The first-order valence-electron chi connectivity index (χ1n) is 12.2. The smallest absolute Gasteiger partial charge is 0.163 e. The van der Waals surface area contributed by atoms with Crippen molar-refractivity contribution in [3.05, 3.63) is 76.2 Å². The maximum Gasteiger partial charge on any atom is 0.163 e. The fourth-order valence-corrected chi connectivity index (χ4v) is 4.08. The molecule has 0 aliphatic heterocycles. The molecule has 8 heteroatoms. The SMILES string of the molecule is COc1cc(C(=O)CCC(C)(O)c2cc(C(C)(C)O)cc(-c3ccc(F)c(Cl)c3)n2)ccc1OC1CC1. The molecular weight excluding hydrogens is 497 g/mol. The summed E-state index contributed by atoms with van der Waals surface area (Å²) < 4.78 is 24.9. The Kier molecular flexibility index (Phi) is 7.60. The number of ketones is 1. The van der Waals surface area contributed by atoms with Crippen LogP contribution in [-0.2, 0) is 11.2 Å². The molecule has 37 heavy (non-hydrogen) atoms. The number of aliphatic hydroxyl groups is 2. The standard InChI is InChI=1S/C29H31ClFNO5/c1-28(2,34)19-15-23(17-5-9-22(31)21(30)13-17)32-27(16-19)29(3,35)12-11-24(33)18-6-10-25(26(14-18)36-4)37-20-7-8-20/h5-6,9-10,13-16,20,34-35H,7-8,11-12H2,1-4H3. The molecule has 1 unspecified atom stereocenters. The molecule has 4 rings (SSSR count). The van der Waals surface area contributed by atoms with Gasteiger partial charge in [0, 0.05) is 17.5 Å². The number of carbonyl (C=O) groups is 1. The van der Waals surface area contributed by atoms with E-state index in [1.165, 1.54) is 25.3 Å². The molecule has 3 aromatic rings. The van der Waals surface area contributed by atoms with Crippen molar-refractivity contribution in [2.24, 2.45) is 0 Å². The van der Waals surface area contributed by atoms with Gasteiger partial charge in [0.1, 0.15) is 11.4 Å². The summed E-state index contributed by atoms with van der Waals surface area (Å²) in [6, 6.07) is 12.6. The van der Waals surface area contributed by atoms with Crippen LogP contribution >= 0.6 is 11.6 Å². The van der Waals surface area contributed by atoms with Crippen LogP contribution < -0.4 is 9.47 Å². The molecule has 1 aromatic heterocycles. The number of halogens is 2. The highest BCUT2D eigenvalue weighted by Gasteiger charge is 2.30. The van der Waals surface area contributed by atoms with Crippen molar-refractivity contribution in [3.8, 4) is 22.8 Å². The van der Waals surface area contributed by atoms with Crippen LogP contribution in [0.4, 0.5) is 4.39 Å². The highest BCUT2D eigenvalue weighted by Crippen LogP contribution is 2.36. The van der Waals surface area contributed by atoms with Crippen LogP contribution in [0.1, 0.15) is 68.1 Å². The minimum Gasteiger partial charge on any atom is -0.493 e. The topological polar surface area (TPSA) is 88.9 Å².